The first-order valence-corrected chi connectivity index (χ1v) is 10.9. The van der Waals surface area contributed by atoms with Gasteiger partial charge in [-0.3, -0.25) is 9.00 Å². The van der Waals surface area contributed by atoms with Crippen LogP contribution in [0.25, 0.3) is 22.2 Å². The van der Waals surface area contributed by atoms with Crippen molar-refractivity contribution in [1.29, 1.82) is 0 Å². The Hall–Kier alpha value is -2.41. The minimum atomic E-state index is -1.13. The van der Waals surface area contributed by atoms with Crippen LogP contribution in [0.4, 0.5) is 0 Å². The zero-order valence-corrected chi connectivity index (χ0v) is 17.5. The normalized spacial score (nSPS) is 15.1. The molecule has 2 aromatic heterocycles. The van der Waals surface area contributed by atoms with E-state index in [1.54, 1.807) is 19.3 Å². The molecule has 1 unspecified atom stereocenters. The fourth-order valence-corrected chi connectivity index (χ4v) is 4.51. The van der Waals surface area contributed by atoms with Crippen molar-refractivity contribution in [3.8, 4) is 16.9 Å². The molecule has 0 bridgehead atoms. The van der Waals surface area contributed by atoms with Gasteiger partial charge in [-0.15, -0.1) is 0 Å². The van der Waals surface area contributed by atoms with E-state index in [1.807, 2.05) is 19.9 Å². The van der Waals surface area contributed by atoms with E-state index in [0.717, 1.165) is 39.4 Å². The summed E-state index contributed by atoms with van der Waals surface area (Å²) in [5.41, 5.74) is 3.41. The first kappa shape index (κ1) is 18.9. The van der Waals surface area contributed by atoms with Gasteiger partial charge in [0.2, 0.25) is 0 Å². The molecular formula is C21H25N3O3S. The third-order valence-electron chi connectivity index (χ3n) is 5.36. The zero-order valence-electron chi connectivity index (χ0n) is 16.7. The van der Waals surface area contributed by atoms with Crippen LogP contribution in [-0.2, 0) is 24.4 Å². The summed E-state index contributed by atoms with van der Waals surface area (Å²) < 4.78 is 21.8. The Labute approximate surface area is 166 Å². The van der Waals surface area contributed by atoms with Crippen LogP contribution < -0.4 is 10.3 Å². The van der Waals surface area contributed by atoms with Gasteiger partial charge in [0.05, 0.1) is 28.3 Å². The average Bonchev–Trinajstić information content (AvgIpc) is 3.46. The summed E-state index contributed by atoms with van der Waals surface area (Å²) in [6.45, 7) is 4.87. The van der Waals surface area contributed by atoms with Crippen molar-refractivity contribution in [1.82, 2.24) is 14.1 Å². The Morgan fingerprint density at radius 3 is 2.64 bits per heavy atom. The summed E-state index contributed by atoms with van der Waals surface area (Å²) >= 11 is 0. The van der Waals surface area contributed by atoms with Crippen molar-refractivity contribution < 1.29 is 8.95 Å². The van der Waals surface area contributed by atoms with Crippen LogP contribution in [0.1, 0.15) is 25.6 Å². The molecule has 0 aliphatic heterocycles. The predicted molar refractivity (Wildman–Crippen MR) is 111 cm³/mol. The second-order valence-corrected chi connectivity index (χ2v) is 9.11. The highest BCUT2D eigenvalue weighted by Crippen LogP contribution is 2.35. The number of aromatic nitrogens is 3. The van der Waals surface area contributed by atoms with Gasteiger partial charge in [0, 0.05) is 31.1 Å². The molecule has 1 saturated carbocycles. The molecule has 0 spiro atoms. The summed E-state index contributed by atoms with van der Waals surface area (Å²) in [5, 5.41) is 0. The molecule has 1 aliphatic rings. The van der Waals surface area contributed by atoms with Gasteiger partial charge in [-0.25, -0.2) is 4.98 Å². The lowest BCUT2D eigenvalue weighted by atomic mass is 10.1. The van der Waals surface area contributed by atoms with Crippen molar-refractivity contribution in [2.45, 2.75) is 38.1 Å². The lowest BCUT2D eigenvalue weighted by Crippen LogP contribution is -2.17. The molecule has 0 saturated heterocycles. The summed E-state index contributed by atoms with van der Waals surface area (Å²) in [6, 6.07) is 5.78. The van der Waals surface area contributed by atoms with Crippen LogP contribution in [0.15, 0.2) is 34.1 Å². The van der Waals surface area contributed by atoms with Gasteiger partial charge in [-0.05, 0) is 49.4 Å². The lowest BCUT2D eigenvalue weighted by Gasteiger charge is -2.12. The molecule has 0 amide bonds. The fraction of sp³-hybridized carbons (Fsp3) is 0.429. The fourth-order valence-electron chi connectivity index (χ4n) is 3.58. The van der Waals surface area contributed by atoms with Crippen LogP contribution in [0.2, 0.25) is 0 Å². The van der Waals surface area contributed by atoms with Gasteiger partial charge >= 0.3 is 0 Å². The molecule has 28 heavy (non-hydrogen) atoms. The molecule has 7 heteroatoms. The Kier molecular flexibility index (Phi) is 4.87. The molecule has 3 aromatic rings. The topological polar surface area (TPSA) is 66.1 Å². The third kappa shape index (κ3) is 3.28. The van der Waals surface area contributed by atoms with E-state index in [9.17, 15) is 9.00 Å². The summed E-state index contributed by atoms with van der Waals surface area (Å²) in [4.78, 5) is 17.7. The van der Waals surface area contributed by atoms with E-state index in [0.29, 0.717) is 17.4 Å². The maximum atomic E-state index is 12.8. The summed E-state index contributed by atoms with van der Waals surface area (Å²) in [6.07, 6.45) is 4.30. The van der Waals surface area contributed by atoms with Crippen LogP contribution in [0.3, 0.4) is 0 Å². The number of methoxy groups -OCH3 is 1. The molecule has 1 aromatic carbocycles. The average molecular weight is 400 g/mol. The monoisotopic (exact) mass is 399 g/mol. The zero-order chi connectivity index (χ0) is 20.0. The Balaban J connectivity index is 1.97. The van der Waals surface area contributed by atoms with Crippen LogP contribution in [-0.4, -0.2) is 31.2 Å². The van der Waals surface area contributed by atoms with Crippen molar-refractivity contribution in [3.05, 3.63) is 40.6 Å². The van der Waals surface area contributed by atoms with Gasteiger partial charge in [-0.1, -0.05) is 6.92 Å². The van der Waals surface area contributed by atoms with Crippen molar-refractivity contribution in [2.75, 3.05) is 12.9 Å². The molecule has 148 valence electrons. The lowest BCUT2D eigenvalue weighted by molar-refractivity contribution is 0.405. The molecule has 4 rings (SSSR count). The third-order valence-corrected chi connectivity index (χ3v) is 6.68. The van der Waals surface area contributed by atoms with E-state index in [4.69, 9.17) is 9.72 Å². The number of nitrogens with zero attached hydrogens (tertiary/aromatic N) is 3. The number of imidazole rings is 1. The first-order chi connectivity index (χ1) is 13.4. The Morgan fingerprint density at radius 2 is 2.00 bits per heavy atom. The van der Waals surface area contributed by atoms with Crippen LogP contribution in [0.5, 0.6) is 5.75 Å². The number of ether oxygens (including phenoxy) is 1. The second kappa shape index (κ2) is 7.20. The summed E-state index contributed by atoms with van der Waals surface area (Å²) in [7, 11) is 2.07. The molecule has 0 N–H and O–H groups in total. The van der Waals surface area contributed by atoms with E-state index in [-0.39, 0.29) is 5.56 Å². The highest BCUT2D eigenvalue weighted by molar-refractivity contribution is 7.85. The summed E-state index contributed by atoms with van der Waals surface area (Å²) in [5.74, 6) is 2.48. The second-order valence-electron chi connectivity index (χ2n) is 7.40. The van der Waals surface area contributed by atoms with Gasteiger partial charge in [-0.2, -0.15) is 0 Å². The minimum Gasteiger partial charge on any atom is -0.491 e. The maximum absolute atomic E-state index is 12.8. The van der Waals surface area contributed by atoms with Gasteiger partial charge in [0.1, 0.15) is 11.3 Å². The van der Waals surface area contributed by atoms with Crippen molar-refractivity contribution >= 4 is 21.8 Å². The van der Waals surface area contributed by atoms with E-state index in [2.05, 4.69) is 10.6 Å². The van der Waals surface area contributed by atoms with Crippen LogP contribution in [0, 0.1) is 12.8 Å². The standard InChI is InChI=1S/C21H25N3O3S/c1-5-28(26)19-10-15(16-9-18(27-4)21(25)23(3)12-16)8-17-20(19)22-13(2)24(17)11-14-6-7-14/h8-10,12,14H,5-7,11H2,1-4H3. The molecule has 0 radical (unpaired) electrons. The molecule has 2 heterocycles. The molecule has 6 nitrogen and oxygen atoms in total. The highest BCUT2D eigenvalue weighted by atomic mass is 32.2. The number of fused-ring (bicyclic) bond motifs is 1. The number of hydrogen-bond acceptors (Lipinski definition) is 4. The largest absolute Gasteiger partial charge is 0.491 e. The van der Waals surface area contributed by atoms with Gasteiger partial charge < -0.3 is 13.9 Å². The minimum absolute atomic E-state index is 0.181. The molecule has 1 fully saturated rings. The quantitative estimate of drug-likeness (QED) is 0.638. The van der Waals surface area contributed by atoms with E-state index in [1.165, 1.54) is 24.5 Å². The number of rotatable bonds is 6. The Bertz CT molecular complexity index is 1140. The highest BCUT2D eigenvalue weighted by Gasteiger charge is 2.25. The van der Waals surface area contributed by atoms with Crippen molar-refractivity contribution in [3.63, 3.8) is 0 Å². The maximum Gasteiger partial charge on any atom is 0.292 e. The SMILES string of the molecule is CCS(=O)c1cc(-c2cc(OC)c(=O)n(C)c2)cc2c1nc(C)n2CC1CC1. The Morgan fingerprint density at radius 1 is 1.25 bits per heavy atom. The number of benzene rings is 1. The smallest absolute Gasteiger partial charge is 0.292 e. The van der Waals surface area contributed by atoms with E-state index < -0.39 is 10.8 Å². The number of aryl methyl sites for hydroxylation is 2. The van der Waals surface area contributed by atoms with Gasteiger partial charge in [0.25, 0.3) is 5.56 Å². The number of hydrogen-bond donors (Lipinski definition) is 0. The van der Waals surface area contributed by atoms with Crippen molar-refractivity contribution in [2.24, 2.45) is 13.0 Å². The molecule has 1 aliphatic carbocycles. The first-order valence-electron chi connectivity index (χ1n) is 9.57. The van der Waals surface area contributed by atoms with Crippen LogP contribution >= 0.6 is 0 Å². The molecule has 1 atom stereocenters. The van der Waals surface area contributed by atoms with E-state index >= 15 is 0 Å². The van der Waals surface area contributed by atoms with Gasteiger partial charge in [0.15, 0.2) is 5.75 Å². The molecular weight excluding hydrogens is 374 g/mol. The number of pyridine rings is 1. The predicted octanol–water partition coefficient (Wildman–Crippen LogP) is 3.26.